The van der Waals surface area contributed by atoms with Crippen LogP contribution in [0.4, 0.5) is 4.39 Å². The largest absolute Gasteiger partial charge is 0.493 e. The Morgan fingerprint density at radius 1 is 1.45 bits per heavy atom. The highest BCUT2D eigenvalue weighted by Crippen LogP contribution is 2.35. The molecule has 0 bridgehead atoms. The molecule has 0 spiro atoms. The van der Waals surface area contributed by atoms with Crippen molar-refractivity contribution in [2.75, 3.05) is 6.61 Å². The van der Waals surface area contributed by atoms with E-state index in [4.69, 9.17) is 4.74 Å². The molecule has 1 aromatic heterocycles. The highest BCUT2D eigenvalue weighted by Gasteiger charge is 2.21. The maximum atomic E-state index is 13.6. The van der Waals surface area contributed by atoms with Crippen LogP contribution >= 0.6 is 15.9 Å². The summed E-state index contributed by atoms with van der Waals surface area (Å²) in [6.45, 7) is 0.651. The maximum absolute atomic E-state index is 13.6. The van der Waals surface area contributed by atoms with Gasteiger partial charge in [-0.2, -0.15) is 0 Å². The quantitative estimate of drug-likeness (QED) is 0.935. The molecule has 104 valence electrons. The number of benzene rings is 1. The smallest absolute Gasteiger partial charge is 0.147 e. The third kappa shape index (κ3) is 2.55. The van der Waals surface area contributed by atoms with Crippen molar-refractivity contribution in [3.63, 3.8) is 0 Å². The monoisotopic (exact) mass is 337 g/mol. The van der Waals surface area contributed by atoms with Crippen LogP contribution in [0.15, 0.2) is 35.1 Å². The number of halogens is 2. The molecular weight excluding hydrogens is 325 g/mol. The summed E-state index contributed by atoms with van der Waals surface area (Å²) in [5, 5.41) is 10.2. The average Bonchev–Trinajstić information content (AvgIpc) is 2.87. The molecule has 2 aromatic rings. The standard InChI is InChI=1S/C15H13BrFNO2/c16-11-5-9-2-4-20-15(9)10(6-11)7-14(19)12-1-3-18-8-13(12)17/h1,3,5-6,8,14,19H,2,4,7H2. The first kappa shape index (κ1) is 13.5. The molecule has 0 saturated heterocycles. The van der Waals surface area contributed by atoms with Gasteiger partial charge < -0.3 is 9.84 Å². The van der Waals surface area contributed by atoms with Gasteiger partial charge in [0.1, 0.15) is 11.6 Å². The van der Waals surface area contributed by atoms with Crippen molar-refractivity contribution in [1.29, 1.82) is 0 Å². The molecule has 3 nitrogen and oxygen atoms in total. The number of aromatic nitrogens is 1. The fourth-order valence-electron chi connectivity index (χ4n) is 2.47. The number of hydrogen-bond donors (Lipinski definition) is 1. The van der Waals surface area contributed by atoms with E-state index in [1.165, 1.54) is 12.3 Å². The summed E-state index contributed by atoms with van der Waals surface area (Å²) in [7, 11) is 0. The third-order valence-corrected chi connectivity index (χ3v) is 3.86. The van der Waals surface area contributed by atoms with E-state index in [0.717, 1.165) is 34.0 Å². The summed E-state index contributed by atoms with van der Waals surface area (Å²) in [6.07, 6.45) is 2.84. The van der Waals surface area contributed by atoms with Crippen molar-refractivity contribution in [1.82, 2.24) is 4.98 Å². The van der Waals surface area contributed by atoms with Gasteiger partial charge in [0.05, 0.1) is 18.9 Å². The van der Waals surface area contributed by atoms with Gasteiger partial charge in [-0.1, -0.05) is 15.9 Å². The Hall–Kier alpha value is -1.46. The molecule has 0 saturated carbocycles. The molecule has 20 heavy (non-hydrogen) atoms. The molecule has 1 atom stereocenters. The Kier molecular flexibility index (Phi) is 3.72. The number of ether oxygens (including phenoxy) is 1. The molecule has 0 fully saturated rings. The lowest BCUT2D eigenvalue weighted by atomic mass is 9.99. The number of nitrogens with zero attached hydrogens (tertiary/aromatic N) is 1. The molecule has 3 rings (SSSR count). The van der Waals surface area contributed by atoms with Crippen molar-refractivity contribution in [3.8, 4) is 5.75 Å². The van der Waals surface area contributed by atoms with Gasteiger partial charge in [0.25, 0.3) is 0 Å². The maximum Gasteiger partial charge on any atom is 0.147 e. The minimum Gasteiger partial charge on any atom is -0.493 e. The second kappa shape index (κ2) is 5.50. The van der Waals surface area contributed by atoms with Gasteiger partial charge >= 0.3 is 0 Å². The predicted octanol–water partition coefficient (Wildman–Crippen LogP) is 3.19. The molecular formula is C15H13BrFNO2. The van der Waals surface area contributed by atoms with Crippen LogP contribution in [-0.4, -0.2) is 16.7 Å². The van der Waals surface area contributed by atoms with E-state index >= 15 is 0 Å². The summed E-state index contributed by atoms with van der Waals surface area (Å²) in [4.78, 5) is 3.69. The molecule has 1 aliphatic heterocycles. The Bertz CT molecular complexity index is 648. The van der Waals surface area contributed by atoms with Gasteiger partial charge in [0.2, 0.25) is 0 Å². The van der Waals surface area contributed by atoms with Crippen LogP contribution in [0.2, 0.25) is 0 Å². The first-order valence-corrected chi connectivity index (χ1v) is 7.16. The van der Waals surface area contributed by atoms with Crippen LogP contribution in [-0.2, 0) is 12.8 Å². The first-order chi connectivity index (χ1) is 9.65. The van der Waals surface area contributed by atoms with Crippen LogP contribution in [0.3, 0.4) is 0 Å². The van der Waals surface area contributed by atoms with Gasteiger partial charge in [-0.25, -0.2) is 4.39 Å². The normalized spacial score (nSPS) is 14.8. The zero-order valence-electron chi connectivity index (χ0n) is 10.6. The Labute approximate surface area is 124 Å². The van der Waals surface area contributed by atoms with E-state index in [1.54, 1.807) is 0 Å². The van der Waals surface area contributed by atoms with Crippen LogP contribution in [0, 0.1) is 5.82 Å². The van der Waals surface area contributed by atoms with Gasteiger partial charge in [0, 0.05) is 29.1 Å². The first-order valence-electron chi connectivity index (χ1n) is 6.36. The van der Waals surface area contributed by atoms with Gasteiger partial charge in [-0.05, 0) is 29.3 Å². The third-order valence-electron chi connectivity index (χ3n) is 3.40. The minimum atomic E-state index is -0.916. The van der Waals surface area contributed by atoms with Gasteiger partial charge in [-0.15, -0.1) is 0 Å². The Morgan fingerprint density at radius 3 is 3.10 bits per heavy atom. The topological polar surface area (TPSA) is 42.4 Å². The molecule has 5 heteroatoms. The summed E-state index contributed by atoms with van der Waals surface area (Å²) in [6, 6.07) is 5.43. The number of aliphatic hydroxyl groups excluding tert-OH is 1. The molecule has 0 aliphatic carbocycles. The van der Waals surface area contributed by atoms with E-state index < -0.39 is 11.9 Å². The number of hydrogen-bond acceptors (Lipinski definition) is 3. The summed E-state index contributed by atoms with van der Waals surface area (Å²) in [5.41, 5.74) is 2.26. The van der Waals surface area contributed by atoms with Crippen molar-refractivity contribution >= 4 is 15.9 Å². The molecule has 1 N–H and O–H groups in total. The highest BCUT2D eigenvalue weighted by molar-refractivity contribution is 9.10. The SMILES string of the molecule is OC(Cc1cc(Br)cc2c1OCC2)c1ccncc1F. The fraction of sp³-hybridized carbons (Fsp3) is 0.267. The van der Waals surface area contributed by atoms with Gasteiger partial charge in [-0.3, -0.25) is 4.98 Å². The number of rotatable bonds is 3. The molecule has 0 radical (unpaired) electrons. The molecule has 1 unspecified atom stereocenters. The second-order valence-corrected chi connectivity index (χ2v) is 5.68. The number of fused-ring (bicyclic) bond motifs is 1. The van der Waals surface area contributed by atoms with E-state index in [0.29, 0.717) is 13.0 Å². The van der Waals surface area contributed by atoms with Crippen molar-refractivity contribution in [2.45, 2.75) is 18.9 Å². The highest BCUT2D eigenvalue weighted by atomic mass is 79.9. The van der Waals surface area contributed by atoms with Crippen LogP contribution in [0.25, 0.3) is 0 Å². The van der Waals surface area contributed by atoms with Crippen molar-refractivity contribution in [2.24, 2.45) is 0 Å². The van der Waals surface area contributed by atoms with E-state index in [1.807, 2.05) is 12.1 Å². The number of aliphatic hydroxyl groups is 1. The Morgan fingerprint density at radius 2 is 2.30 bits per heavy atom. The van der Waals surface area contributed by atoms with Crippen molar-refractivity contribution in [3.05, 3.63) is 57.6 Å². The summed E-state index contributed by atoms with van der Waals surface area (Å²) < 4.78 is 20.2. The zero-order chi connectivity index (χ0) is 14.1. The Balaban J connectivity index is 1.90. The lowest BCUT2D eigenvalue weighted by Crippen LogP contribution is -2.06. The predicted molar refractivity (Wildman–Crippen MR) is 76.2 cm³/mol. The summed E-state index contributed by atoms with van der Waals surface area (Å²) >= 11 is 3.46. The van der Waals surface area contributed by atoms with E-state index in [9.17, 15) is 9.50 Å². The van der Waals surface area contributed by atoms with E-state index in [2.05, 4.69) is 20.9 Å². The minimum absolute atomic E-state index is 0.256. The number of pyridine rings is 1. The van der Waals surface area contributed by atoms with E-state index in [-0.39, 0.29) is 5.56 Å². The lowest BCUT2D eigenvalue weighted by molar-refractivity contribution is 0.172. The summed E-state index contributed by atoms with van der Waals surface area (Å²) in [5.74, 6) is 0.328. The van der Waals surface area contributed by atoms with Gasteiger partial charge in [0.15, 0.2) is 0 Å². The lowest BCUT2D eigenvalue weighted by Gasteiger charge is -2.14. The zero-order valence-corrected chi connectivity index (χ0v) is 12.2. The average molecular weight is 338 g/mol. The van der Waals surface area contributed by atoms with Crippen LogP contribution in [0.1, 0.15) is 22.8 Å². The van der Waals surface area contributed by atoms with Crippen LogP contribution in [0.5, 0.6) is 5.75 Å². The van der Waals surface area contributed by atoms with Crippen LogP contribution < -0.4 is 4.74 Å². The van der Waals surface area contributed by atoms with Crippen molar-refractivity contribution < 1.29 is 14.2 Å². The molecule has 1 aromatic carbocycles. The molecule has 1 aliphatic rings. The second-order valence-electron chi connectivity index (χ2n) is 4.77. The molecule has 2 heterocycles. The fourth-order valence-corrected chi connectivity index (χ4v) is 3.02. The molecule has 0 amide bonds.